The second-order valence-corrected chi connectivity index (χ2v) is 13.8. The van der Waals surface area contributed by atoms with Gasteiger partial charge in [0.1, 0.15) is 6.10 Å². The number of carboxylic acids is 1. The minimum Gasteiger partial charge on any atom is -0.478 e. The SMILES string of the molecule is CC(=O)O[C@H]1C[C@H](C(C)CC/C=C(\C)C(=O)O)[C@@]2(C)CC=C3C(=CC[C@H]4C(C)(C)[C@H](O)CC[C@]34C)[C@]12C. The van der Waals surface area contributed by atoms with Gasteiger partial charge in [-0.2, -0.15) is 0 Å². The fourth-order valence-electron chi connectivity index (χ4n) is 9.13. The van der Waals surface area contributed by atoms with Crippen LogP contribution in [0.15, 0.2) is 34.9 Å². The van der Waals surface area contributed by atoms with Crippen LogP contribution in [-0.2, 0) is 14.3 Å². The third kappa shape index (κ3) is 4.15. The summed E-state index contributed by atoms with van der Waals surface area (Å²) in [6.45, 7) is 17.1. The van der Waals surface area contributed by atoms with Crippen molar-refractivity contribution in [3.8, 4) is 0 Å². The van der Waals surface area contributed by atoms with Crippen LogP contribution >= 0.6 is 0 Å². The highest BCUT2D eigenvalue weighted by molar-refractivity contribution is 5.85. The topological polar surface area (TPSA) is 83.8 Å². The van der Waals surface area contributed by atoms with E-state index in [1.165, 1.54) is 18.1 Å². The van der Waals surface area contributed by atoms with Crippen LogP contribution in [0.25, 0.3) is 0 Å². The quantitative estimate of drug-likeness (QED) is 0.300. The van der Waals surface area contributed by atoms with Gasteiger partial charge in [0, 0.05) is 17.9 Å². The predicted octanol–water partition coefficient (Wildman–Crippen LogP) is 6.86. The maximum Gasteiger partial charge on any atom is 0.330 e. The van der Waals surface area contributed by atoms with E-state index in [9.17, 15) is 19.8 Å². The van der Waals surface area contributed by atoms with E-state index in [-0.39, 0.29) is 39.8 Å². The lowest BCUT2D eigenvalue weighted by Gasteiger charge is -2.61. The molecule has 0 saturated heterocycles. The minimum atomic E-state index is -0.859. The van der Waals surface area contributed by atoms with Gasteiger partial charge in [0.05, 0.1) is 6.10 Å². The summed E-state index contributed by atoms with van der Waals surface area (Å²) in [5, 5.41) is 20.1. The van der Waals surface area contributed by atoms with E-state index < -0.39 is 5.97 Å². The summed E-state index contributed by atoms with van der Waals surface area (Å²) in [5.41, 5.74) is 2.68. The fourth-order valence-corrected chi connectivity index (χ4v) is 9.13. The first kappa shape index (κ1) is 28.1. The smallest absolute Gasteiger partial charge is 0.330 e. The zero-order chi connectivity index (χ0) is 27.6. The zero-order valence-electron chi connectivity index (χ0n) is 24.2. The molecule has 0 radical (unpaired) electrons. The van der Waals surface area contributed by atoms with Gasteiger partial charge in [0.2, 0.25) is 0 Å². The van der Waals surface area contributed by atoms with E-state index in [4.69, 9.17) is 4.74 Å². The summed E-state index contributed by atoms with van der Waals surface area (Å²) in [7, 11) is 0. The highest BCUT2D eigenvalue weighted by Crippen LogP contribution is 2.72. The molecule has 0 spiro atoms. The van der Waals surface area contributed by atoms with Gasteiger partial charge in [-0.05, 0) is 97.0 Å². The number of fused-ring (bicyclic) bond motifs is 5. The van der Waals surface area contributed by atoms with Crippen LogP contribution in [0.5, 0.6) is 0 Å². The van der Waals surface area contributed by atoms with Gasteiger partial charge < -0.3 is 14.9 Å². The molecular weight excluding hydrogens is 464 g/mol. The number of rotatable bonds is 6. The monoisotopic (exact) mass is 512 g/mol. The fraction of sp³-hybridized carbons (Fsp3) is 0.750. The third-order valence-electron chi connectivity index (χ3n) is 11.7. The second kappa shape index (κ2) is 9.39. The normalized spacial score (nSPS) is 41.5. The van der Waals surface area contributed by atoms with Gasteiger partial charge >= 0.3 is 11.9 Å². The second-order valence-electron chi connectivity index (χ2n) is 13.8. The maximum absolute atomic E-state index is 12.3. The number of hydrogen-bond acceptors (Lipinski definition) is 4. The number of esters is 1. The van der Waals surface area contributed by atoms with Crippen molar-refractivity contribution >= 4 is 11.9 Å². The molecular formula is C32H48O5. The summed E-state index contributed by atoms with van der Waals surface area (Å²) in [6, 6.07) is 0. The first-order valence-corrected chi connectivity index (χ1v) is 14.3. The molecule has 2 N–H and O–H groups in total. The summed E-state index contributed by atoms with van der Waals surface area (Å²) in [6.07, 6.45) is 12.4. The van der Waals surface area contributed by atoms with E-state index in [0.29, 0.717) is 23.3 Å². The van der Waals surface area contributed by atoms with Crippen LogP contribution in [0.1, 0.15) is 100 Å². The lowest BCUT2D eigenvalue weighted by Crippen LogP contribution is -2.56. The average molecular weight is 513 g/mol. The van der Waals surface area contributed by atoms with E-state index in [1.54, 1.807) is 6.92 Å². The number of allylic oxidation sites excluding steroid dienone is 4. The first-order chi connectivity index (χ1) is 17.1. The Morgan fingerprint density at radius 3 is 2.43 bits per heavy atom. The van der Waals surface area contributed by atoms with Gasteiger partial charge in [0.15, 0.2) is 0 Å². The molecule has 0 aromatic heterocycles. The van der Waals surface area contributed by atoms with E-state index in [2.05, 4.69) is 53.7 Å². The van der Waals surface area contributed by atoms with Crippen molar-refractivity contribution < 1.29 is 24.5 Å². The molecule has 0 aromatic carbocycles. The first-order valence-electron chi connectivity index (χ1n) is 14.3. The summed E-state index contributed by atoms with van der Waals surface area (Å²) in [4.78, 5) is 23.6. The molecule has 1 unspecified atom stereocenters. The number of ether oxygens (including phenoxy) is 1. The number of hydrogen-bond donors (Lipinski definition) is 2. The van der Waals surface area contributed by atoms with E-state index in [0.717, 1.165) is 44.9 Å². The summed E-state index contributed by atoms with van der Waals surface area (Å²) >= 11 is 0. The van der Waals surface area contributed by atoms with E-state index >= 15 is 0 Å². The number of aliphatic hydroxyl groups is 1. The molecule has 0 bridgehead atoms. The van der Waals surface area contributed by atoms with Crippen LogP contribution in [0.2, 0.25) is 0 Å². The van der Waals surface area contributed by atoms with Crippen molar-refractivity contribution in [2.24, 2.45) is 39.4 Å². The molecule has 2 fully saturated rings. The Kier molecular flexibility index (Phi) is 7.14. The van der Waals surface area contributed by atoms with Crippen LogP contribution in [-0.4, -0.2) is 34.4 Å². The molecule has 37 heavy (non-hydrogen) atoms. The lowest BCUT2D eigenvalue weighted by atomic mass is 9.44. The van der Waals surface area contributed by atoms with E-state index in [1.807, 2.05) is 6.08 Å². The molecule has 5 heteroatoms. The lowest BCUT2D eigenvalue weighted by molar-refractivity contribution is -0.152. The van der Waals surface area contributed by atoms with Crippen molar-refractivity contribution in [2.75, 3.05) is 0 Å². The molecule has 206 valence electrons. The van der Waals surface area contributed by atoms with Gasteiger partial charge in [-0.3, -0.25) is 4.79 Å². The molecule has 5 nitrogen and oxygen atoms in total. The molecule has 0 heterocycles. The minimum absolute atomic E-state index is 0.000777. The largest absolute Gasteiger partial charge is 0.478 e. The Labute approximate surface area is 223 Å². The molecule has 4 aliphatic rings. The van der Waals surface area contributed by atoms with Gasteiger partial charge in [-0.1, -0.05) is 59.8 Å². The standard InChI is InChI=1S/C32H48O5/c1-19(10-9-11-20(2)28(35)36)24-18-27(37-21(3)33)32(8)23-12-13-25-29(4,5)26(34)15-16-30(25,6)22(23)14-17-31(24,32)7/h11-12,14,19,24-27,34H,9-10,13,15-18H2,1-8H3,(H,35,36)/b20-11+/t19?,24-,25+,26-,27+,30-,31-,32-/m1/s1. The van der Waals surface area contributed by atoms with Crippen LogP contribution < -0.4 is 0 Å². The number of carboxylic acid groups (broad SMARTS) is 1. The molecule has 0 aromatic rings. The Morgan fingerprint density at radius 1 is 1.14 bits per heavy atom. The third-order valence-corrected chi connectivity index (χ3v) is 11.7. The molecule has 2 saturated carbocycles. The number of carbonyl (C=O) groups is 2. The molecule has 0 aliphatic heterocycles. The predicted molar refractivity (Wildman–Crippen MR) is 146 cm³/mol. The van der Waals surface area contributed by atoms with Gasteiger partial charge in [0.25, 0.3) is 0 Å². The van der Waals surface area contributed by atoms with Crippen LogP contribution in [0.3, 0.4) is 0 Å². The van der Waals surface area contributed by atoms with Crippen molar-refractivity contribution in [1.29, 1.82) is 0 Å². The zero-order valence-corrected chi connectivity index (χ0v) is 24.2. The Bertz CT molecular complexity index is 1050. The number of aliphatic hydroxyl groups excluding tert-OH is 1. The van der Waals surface area contributed by atoms with Gasteiger partial charge in [-0.15, -0.1) is 0 Å². The summed E-state index contributed by atoms with van der Waals surface area (Å²) < 4.78 is 6.14. The van der Waals surface area contributed by atoms with Crippen molar-refractivity contribution in [1.82, 2.24) is 0 Å². The average Bonchev–Trinajstić information content (AvgIpc) is 3.03. The Hall–Kier alpha value is -1.88. The summed E-state index contributed by atoms with van der Waals surface area (Å²) in [5.74, 6) is 0.0188. The highest BCUT2D eigenvalue weighted by atomic mass is 16.5. The highest BCUT2D eigenvalue weighted by Gasteiger charge is 2.67. The Balaban J connectivity index is 1.73. The van der Waals surface area contributed by atoms with Crippen molar-refractivity contribution in [3.05, 3.63) is 34.9 Å². The molecule has 0 amide bonds. The molecule has 8 atom stereocenters. The number of aliphatic carboxylic acids is 1. The van der Waals surface area contributed by atoms with Crippen molar-refractivity contribution in [2.45, 2.75) is 113 Å². The van der Waals surface area contributed by atoms with Crippen molar-refractivity contribution in [3.63, 3.8) is 0 Å². The van der Waals surface area contributed by atoms with Gasteiger partial charge in [-0.25, -0.2) is 4.79 Å². The van der Waals surface area contributed by atoms with Crippen LogP contribution in [0, 0.1) is 39.4 Å². The molecule has 4 aliphatic carbocycles. The van der Waals surface area contributed by atoms with Crippen LogP contribution in [0.4, 0.5) is 0 Å². The number of carbonyl (C=O) groups excluding carboxylic acids is 1. The molecule has 4 rings (SSSR count). The maximum atomic E-state index is 12.3. The Morgan fingerprint density at radius 2 is 1.81 bits per heavy atom.